The molecule has 0 aliphatic heterocycles. The Morgan fingerprint density at radius 3 is 2.90 bits per heavy atom. The molecule has 5 heteroatoms. The smallest absolute Gasteiger partial charge is 0.229 e. The molecule has 1 amide bonds. The van der Waals surface area contributed by atoms with Crippen molar-refractivity contribution >= 4 is 11.9 Å². The van der Waals surface area contributed by atoms with Gasteiger partial charge in [-0.3, -0.25) is 10.1 Å². The molecule has 1 aromatic carbocycles. The van der Waals surface area contributed by atoms with Crippen molar-refractivity contribution in [1.82, 2.24) is 9.97 Å². The predicted octanol–water partition coefficient (Wildman–Crippen LogP) is 2.74. The van der Waals surface area contributed by atoms with Gasteiger partial charge in [0.1, 0.15) is 5.82 Å². The summed E-state index contributed by atoms with van der Waals surface area (Å²) in [7, 11) is 0. The minimum atomic E-state index is -0.294. The molecular formula is C15H16FN3O. The van der Waals surface area contributed by atoms with E-state index in [0.29, 0.717) is 12.4 Å². The van der Waals surface area contributed by atoms with Crippen LogP contribution in [0, 0.1) is 18.7 Å². The van der Waals surface area contributed by atoms with Crippen LogP contribution in [-0.4, -0.2) is 15.9 Å². The maximum absolute atomic E-state index is 13.1. The van der Waals surface area contributed by atoms with Crippen LogP contribution in [0.5, 0.6) is 0 Å². The first kappa shape index (κ1) is 14.1. The largest absolute Gasteiger partial charge is 0.294 e. The Kier molecular flexibility index (Phi) is 4.40. The van der Waals surface area contributed by atoms with Gasteiger partial charge in [0.05, 0.1) is 0 Å². The standard InChI is InChI=1S/C15H16FN3O/c1-10(8-12-4-3-5-13(16)9-12)14(20)19-15-17-7-6-11(2)18-15/h3-7,9-10H,8H2,1-2H3,(H,17,18,19,20). The second kappa shape index (κ2) is 6.23. The number of nitrogens with zero attached hydrogens (tertiary/aromatic N) is 2. The molecule has 4 nitrogen and oxygen atoms in total. The summed E-state index contributed by atoms with van der Waals surface area (Å²) in [5, 5.41) is 2.66. The Morgan fingerprint density at radius 1 is 1.40 bits per heavy atom. The maximum Gasteiger partial charge on any atom is 0.229 e. The van der Waals surface area contributed by atoms with Crippen molar-refractivity contribution in [3.63, 3.8) is 0 Å². The summed E-state index contributed by atoms with van der Waals surface area (Å²) in [4.78, 5) is 20.1. The first-order valence-corrected chi connectivity index (χ1v) is 6.39. The van der Waals surface area contributed by atoms with E-state index in [9.17, 15) is 9.18 Å². The zero-order chi connectivity index (χ0) is 14.5. The van der Waals surface area contributed by atoms with E-state index < -0.39 is 0 Å². The molecule has 0 saturated heterocycles. The number of nitrogens with one attached hydrogen (secondary N) is 1. The van der Waals surface area contributed by atoms with Gasteiger partial charge in [-0.05, 0) is 37.1 Å². The first-order valence-electron chi connectivity index (χ1n) is 6.39. The number of carbonyl (C=O) groups is 1. The monoisotopic (exact) mass is 273 g/mol. The topological polar surface area (TPSA) is 54.9 Å². The van der Waals surface area contributed by atoms with Gasteiger partial charge in [0.15, 0.2) is 0 Å². The van der Waals surface area contributed by atoms with Crippen LogP contribution in [0.1, 0.15) is 18.2 Å². The second-order valence-corrected chi connectivity index (χ2v) is 4.75. The second-order valence-electron chi connectivity index (χ2n) is 4.75. The third kappa shape index (κ3) is 3.85. The number of aryl methyl sites for hydroxylation is 1. The fourth-order valence-corrected chi connectivity index (χ4v) is 1.85. The average molecular weight is 273 g/mol. The highest BCUT2D eigenvalue weighted by molar-refractivity contribution is 5.90. The number of aromatic nitrogens is 2. The summed E-state index contributed by atoms with van der Waals surface area (Å²) in [6, 6.07) is 8.02. The quantitative estimate of drug-likeness (QED) is 0.932. The van der Waals surface area contributed by atoms with Gasteiger partial charge in [-0.15, -0.1) is 0 Å². The van der Waals surface area contributed by atoms with Crippen molar-refractivity contribution in [1.29, 1.82) is 0 Å². The van der Waals surface area contributed by atoms with Crippen molar-refractivity contribution in [3.8, 4) is 0 Å². The number of carbonyl (C=O) groups excluding carboxylic acids is 1. The van der Waals surface area contributed by atoms with E-state index in [2.05, 4.69) is 15.3 Å². The van der Waals surface area contributed by atoms with Crippen LogP contribution >= 0.6 is 0 Å². The molecule has 0 saturated carbocycles. The van der Waals surface area contributed by atoms with Crippen LogP contribution in [0.3, 0.4) is 0 Å². The lowest BCUT2D eigenvalue weighted by molar-refractivity contribution is -0.119. The van der Waals surface area contributed by atoms with Gasteiger partial charge in [-0.1, -0.05) is 19.1 Å². The molecule has 104 valence electrons. The number of anilines is 1. The lowest BCUT2D eigenvalue weighted by Crippen LogP contribution is -2.23. The summed E-state index contributed by atoms with van der Waals surface area (Å²) < 4.78 is 13.1. The van der Waals surface area contributed by atoms with E-state index in [0.717, 1.165) is 11.3 Å². The lowest BCUT2D eigenvalue weighted by atomic mass is 10.0. The summed E-state index contributed by atoms with van der Waals surface area (Å²) in [6.45, 7) is 3.61. The van der Waals surface area contributed by atoms with Crippen molar-refractivity contribution in [3.05, 3.63) is 53.6 Å². The van der Waals surface area contributed by atoms with E-state index in [1.54, 1.807) is 31.3 Å². The minimum Gasteiger partial charge on any atom is -0.294 e. The van der Waals surface area contributed by atoms with Gasteiger partial charge in [0.2, 0.25) is 11.9 Å². The maximum atomic E-state index is 13.1. The Bertz CT molecular complexity index is 616. The summed E-state index contributed by atoms with van der Waals surface area (Å²) >= 11 is 0. The van der Waals surface area contributed by atoms with Crippen LogP contribution in [0.2, 0.25) is 0 Å². The molecule has 0 spiro atoms. The van der Waals surface area contributed by atoms with E-state index in [-0.39, 0.29) is 17.6 Å². The number of amides is 1. The Morgan fingerprint density at radius 2 is 2.20 bits per heavy atom. The van der Waals surface area contributed by atoms with Gasteiger partial charge in [0.25, 0.3) is 0 Å². The molecular weight excluding hydrogens is 257 g/mol. The van der Waals surface area contributed by atoms with Gasteiger partial charge < -0.3 is 0 Å². The van der Waals surface area contributed by atoms with Crippen molar-refractivity contribution < 1.29 is 9.18 Å². The van der Waals surface area contributed by atoms with Crippen molar-refractivity contribution in [2.75, 3.05) is 5.32 Å². The van der Waals surface area contributed by atoms with Gasteiger partial charge in [0, 0.05) is 17.8 Å². The molecule has 1 unspecified atom stereocenters. The molecule has 0 radical (unpaired) electrons. The van der Waals surface area contributed by atoms with Gasteiger partial charge >= 0.3 is 0 Å². The zero-order valence-corrected chi connectivity index (χ0v) is 11.4. The fraction of sp³-hybridized carbons (Fsp3) is 0.267. The van der Waals surface area contributed by atoms with E-state index in [1.165, 1.54) is 12.1 Å². The van der Waals surface area contributed by atoms with E-state index in [1.807, 2.05) is 6.92 Å². The van der Waals surface area contributed by atoms with Gasteiger partial charge in [-0.25, -0.2) is 14.4 Å². The Hall–Kier alpha value is -2.30. The third-order valence-electron chi connectivity index (χ3n) is 2.91. The zero-order valence-electron chi connectivity index (χ0n) is 11.4. The normalized spacial score (nSPS) is 11.9. The van der Waals surface area contributed by atoms with Crippen LogP contribution in [0.4, 0.5) is 10.3 Å². The van der Waals surface area contributed by atoms with Crippen molar-refractivity contribution in [2.45, 2.75) is 20.3 Å². The molecule has 0 fully saturated rings. The number of rotatable bonds is 4. The highest BCUT2D eigenvalue weighted by Gasteiger charge is 2.15. The molecule has 0 aliphatic carbocycles. The number of hydrogen-bond acceptors (Lipinski definition) is 3. The Labute approximate surface area is 117 Å². The van der Waals surface area contributed by atoms with Crippen molar-refractivity contribution in [2.24, 2.45) is 5.92 Å². The predicted molar refractivity (Wildman–Crippen MR) is 74.7 cm³/mol. The number of halogens is 1. The minimum absolute atomic E-state index is 0.181. The third-order valence-corrected chi connectivity index (χ3v) is 2.91. The summed E-state index contributed by atoms with van der Waals surface area (Å²) in [6.07, 6.45) is 2.06. The molecule has 2 aromatic rings. The highest BCUT2D eigenvalue weighted by Crippen LogP contribution is 2.12. The average Bonchev–Trinajstić information content (AvgIpc) is 2.38. The van der Waals surface area contributed by atoms with Crippen LogP contribution in [0.25, 0.3) is 0 Å². The molecule has 1 aromatic heterocycles. The molecule has 2 rings (SSSR count). The van der Waals surface area contributed by atoms with Crippen LogP contribution in [0.15, 0.2) is 36.5 Å². The molecule has 1 N–H and O–H groups in total. The van der Waals surface area contributed by atoms with Crippen LogP contribution < -0.4 is 5.32 Å². The lowest BCUT2D eigenvalue weighted by Gasteiger charge is -2.11. The van der Waals surface area contributed by atoms with E-state index >= 15 is 0 Å². The Balaban J connectivity index is 1.98. The first-order chi connectivity index (χ1) is 9.54. The molecule has 20 heavy (non-hydrogen) atoms. The SMILES string of the molecule is Cc1ccnc(NC(=O)C(C)Cc2cccc(F)c2)n1. The fourth-order valence-electron chi connectivity index (χ4n) is 1.85. The highest BCUT2D eigenvalue weighted by atomic mass is 19.1. The van der Waals surface area contributed by atoms with Crippen LogP contribution in [-0.2, 0) is 11.2 Å². The van der Waals surface area contributed by atoms with Gasteiger partial charge in [-0.2, -0.15) is 0 Å². The molecule has 1 heterocycles. The summed E-state index contributed by atoms with van der Waals surface area (Å²) in [5.74, 6) is -0.473. The number of benzene rings is 1. The number of hydrogen-bond donors (Lipinski definition) is 1. The molecule has 1 atom stereocenters. The van der Waals surface area contributed by atoms with E-state index in [4.69, 9.17) is 0 Å². The molecule has 0 bridgehead atoms. The summed E-state index contributed by atoms with van der Waals surface area (Å²) in [5.41, 5.74) is 1.57. The molecule has 0 aliphatic rings.